The number of nitrogen functional groups attached to an aromatic ring is 1. The van der Waals surface area contributed by atoms with Gasteiger partial charge in [0.1, 0.15) is 0 Å². The van der Waals surface area contributed by atoms with Crippen LogP contribution in [0, 0.1) is 13.8 Å². The Morgan fingerprint density at radius 2 is 2.06 bits per heavy atom. The van der Waals surface area contributed by atoms with Crippen LogP contribution < -0.4 is 5.73 Å². The predicted octanol–water partition coefficient (Wildman–Crippen LogP) is 0.845. The zero-order chi connectivity index (χ0) is 12.4. The largest absolute Gasteiger partial charge is 0.398 e. The first-order chi connectivity index (χ1) is 8.08. The highest BCUT2D eigenvalue weighted by Crippen LogP contribution is 2.19. The first-order valence-electron chi connectivity index (χ1n) is 5.86. The third kappa shape index (κ3) is 2.84. The van der Waals surface area contributed by atoms with Crippen LogP contribution in [0.1, 0.15) is 16.8 Å². The lowest BCUT2D eigenvalue weighted by Crippen LogP contribution is -2.37. The van der Waals surface area contributed by atoms with Gasteiger partial charge in [0.15, 0.2) is 0 Å². The van der Waals surface area contributed by atoms with E-state index in [0.717, 1.165) is 53.6 Å². The lowest BCUT2D eigenvalue weighted by molar-refractivity contribution is 0.287. The van der Waals surface area contributed by atoms with E-state index in [1.54, 1.807) is 0 Å². The van der Waals surface area contributed by atoms with Gasteiger partial charge in [-0.25, -0.2) is 0 Å². The van der Waals surface area contributed by atoms with Crippen molar-refractivity contribution in [3.8, 4) is 0 Å². The molecule has 2 N–H and O–H groups in total. The van der Waals surface area contributed by atoms with Crippen molar-refractivity contribution in [2.45, 2.75) is 20.4 Å². The molecule has 0 spiro atoms. The Morgan fingerprint density at radius 1 is 1.41 bits per heavy atom. The Morgan fingerprint density at radius 3 is 2.71 bits per heavy atom. The molecule has 2 rings (SSSR count). The molecule has 2 heterocycles. The Labute approximate surface area is 105 Å². The highest BCUT2D eigenvalue weighted by atomic mass is 32.2. The fourth-order valence-corrected chi connectivity index (χ4v) is 3.13. The van der Waals surface area contributed by atoms with E-state index >= 15 is 0 Å². The summed E-state index contributed by atoms with van der Waals surface area (Å²) in [6, 6.07) is 0. The molecule has 0 bridgehead atoms. The van der Waals surface area contributed by atoms with Crippen LogP contribution in [-0.2, 0) is 17.3 Å². The summed E-state index contributed by atoms with van der Waals surface area (Å²) in [5, 5.41) is 0. The van der Waals surface area contributed by atoms with Gasteiger partial charge >= 0.3 is 0 Å². The Bertz CT molecular complexity index is 438. The lowest BCUT2D eigenvalue weighted by atomic mass is 10.1. The normalized spacial score (nSPS) is 18.5. The number of hydrogen-bond donors (Lipinski definition) is 1. The average molecular weight is 253 g/mol. The third-order valence-electron chi connectivity index (χ3n) is 3.32. The molecular weight excluding hydrogens is 234 g/mol. The minimum atomic E-state index is -0.619. The maximum absolute atomic E-state index is 11.3. The minimum Gasteiger partial charge on any atom is -0.398 e. The van der Waals surface area contributed by atoms with E-state index in [-0.39, 0.29) is 0 Å². The first-order valence-corrected chi connectivity index (χ1v) is 7.34. The summed E-state index contributed by atoms with van der Waals surface area (Å²) in [6.07, 6.45) is 1.83. The highest BCUT2D eigenvalue weighted by Gasteiger charge is 2.17. The van der Waals surface area contributed by atoms with E-state index in [1.807, 2.05) is 20.0 Å². The summed E-state index contributed by atoms with van der Waals surface area (Å²) in [5.41, 5.74) is 10.0. The van der Waals surface area contributed by atoms with Crippen LogP contribution in [0.15, 0.2) is 6.20 Å². The van der Waals surface area contributed by atoms with Gasteiger partial charge in [-0.15, -0.1) is 0 Å². The van der Waals surface area contributed by atoms with Crippen LogP contribution in [0.5, 0.6) is 0 Å². The quantitative estimate of drug-likeness (QED) is 0.848. The average Bonchev–Trinajstić information content (AvgIpc) is 2.33. The standard InChI is InChI=1S/C12H19N3OS/c1-9-7-14-11(10(2)12(9)13)8-15-3-5-17(16)6-4-15/h7H,3-6,8H2,1-2H3,(H2,13,14). The summed E-state index contributed by atoms with van der Waals surface area (Å²) in [4.78, 5) is 6.75. The SMILES string of the molecule is Cc1cnc(CN2CCS(=O)CC2)c(C)c1N. The van der Waals surface area contributed by atoms with Gasteiger partial charge in [0.05, 0.1) is 5.69 Å². The third-order valence-corrected chi connectivity index (χ3v) is 4.60. The Balaban J connectivity index is 2.09. The molecule has 0 unspecified atom stereocenters. The summed E-state index contributed by atoms with van der Waals surface area (Å²) < 4.78 is 11.3. The molecule has 1 aromatic rings. The molecule has 94 valence electrons. The smallest absolute Gasteiger partial charge is 0.0593 e. The molecule has 1 saturated heterocycles. The fourth-order valence-electron chi connectivity index (χ4n) is 2.00. The summed E-state index contributed by atoms with van der Waals surface area (Å²) >= 11 is 0. The van der Waals surface area contributed by atoms with Crippen molar-refractivity contribution >= 4 is 16.5 Å². The number of aryl methyl sites for hydroxylation is 1. The molecule has 0 saturated carbocycles. The van der Waals surface area contributed by atoms with Crippen LogP contribution in [0.2, 0.25) is 0 Å². The molecule has 5 heteroatoms. The fraction of sp³-hybridized carbons (Fsp3) is 0.583. The number of nitrogens with zero attached hydrogens (tertiary/aromatic N) is 2. The van der Waals surface area contributed by atoms with Crippen molar-refractivity contribution in [3.63, 3.8) is 0 Å². The number of aromatic nitrogens is 1. The van der Waals surface area contributed by atoms with Gasteiger partial charge in [0.25, 0.3) is 0 Å². The van der Waals surface area contributed by atoms with Gasteiger partial charge in [0, 0.05) is 53.8 Å². The van der Waals surface area contributed by atoms with Crippen LogP contribution >= 0.6 is 0 Å². The summed E-state index contributed by atoms with van der Waals surface area (Å²) in [5.74, 6) is 1.56. The Kier molecular flexibility index (Phi) is 3.79. The number of anilines is 1. The van der Waals surface area contributed by atoms with Crippen molar-refractivity contribution in [1.82, 2.24) is 9.88 Å². The van der Waals surface area contributed by atoms with Crippen molar-refractivity contribution in [2.24, 2.45) is 0 Å². The molecule has 0 atom stereocenters. The van der Waals surface area contributed by atoms with Crippen molar-refractivity contribution in [3.05, 3.63) is 23.0 Å². The van der Waals surface area contributed by atoms with E-state index in [1.165, 1.54) is 0 Å². The first kappa shape index (κ1) is 12.5. The van der Waals surface area contributed by atoms with Gasteiger partial charge in [-0.05, 0) is 25.0 Å². The second-order valence-electron chi connectivity index (χ2n) is 4.55. The Hall–Kier alpha value is -0.940. The van der Waals surface area contributed by atoms with Gasteiger partial charge in [-0.2, -0.15) is 0 Å². The molecule has 4 nitrogen and oxygen atoms in total. The van der Waals surface area contributed by atoms with Gasteiger partial charge in [0.2, 0.25) is 0 Å². The van der Waals surface area contributed by atoms with Crippen molar-refractivity contribution in [1.29, 1.82) is 0 Å². The second-order valence-corrected chi connectivity index (χ2v) is 6.25. The van der Waals surface area contributed by atoms with Gasteiger partial charge < -0.3 is 5.73 Å². The number of nitrogens with two attached hydrogens (primary N) is 1. The minimum absolute atomic E-state index is 0.619. The van der Waals surface area contributed by atoms with E-state index in [4.69, 9.17) is 5.73 Å². The van der Waals surface area contributed by atoms with Crippen molar-refractivity contribution in [2.75, 3.05) is 30.3 Å². The number of hydrogen-bond acceptors (Lipinski definition) is 4. The maximum Gasteiger partial charge on any atom is 0.0593 e. The van der Waals surface area contributed by atoms with E-state index in [0.29, 0.717) is 0 Å². The molecular formula is C12H19N3OS. The van der Waals surface area contributed by atoms with Crippen LogP contribution in [0.4, 0.5) is 5.69 Å². The summed E-state index contributed by atoms with van der Waals surface area (Å²) in [7, 11) is -0.619. The molecule has 0 amide bonds. The maximum atomic E-state index is 11.3. The lowest BCUT2D eigenvalue weighted by Gasteiger charge is -2.26. The molecule has 1 fully saturated rings. The van der Waals surface area contributed by atoms with Crippen LogP contribution in [0.25, 0.3) is 0 Å². The second kappa shape index (κ2) is 5.14. The van der Waals surface area contributed by atoms with Crippen LogP contribution in [-0.4, -0.2) is 38.7 Å². The topological polar surface area (TPSA) is 59.2 Å². The van der Waals surface area contributed by atoms with Crippen molar-refractivity contribution < 1.29 is 4.21 Å². The zero-order valence-corrected chi connectivity index (χ0v) is 11.2. The molecule has 1 aromatic heterocycles. The monoisotopic (exact) mass is 253 g/mol. The van der Waals surface area contributed by atoms with E-state index < -0.39 is 10.8 Å². The van der Waals surface area contributed by atoms with Gasteiger partial charge in [-0.3, -0.25) is 14.1 Å². The number of pyridine rings is 1. The molecule has 1 aliphatic rings. The summed E-state index contributed by atoms with van der Waals surface area (Å²) in [6.45, 7) is 6.59. The number of rotatable bonds is 2. The molecule has 0 radical (unpaired) electrons. The molecule has 17 heavy (non-hydrogen) atoms. The van der Waals surface area contributed by atoms with Crippen LogP contribution in [0.3, 0.4) is 0 Å². The van der Waals surface area contributed by atoms with E-state index in [9.17, 15) is 4.21 Å². The predicted molar refractivity (Wildman–Crippen MR) is 71.3 cm³/mol. The highest BCUT2D eigenvalue weighted by molar-refractivity contribution is 7.85. The molecule has 1 aliphatic heterocycles. The van der Waals surface area contributed by atoms with Gasteiger partial charge in [-0.1, -0.05) is 0 Å². The molecule has 0 aromatic carbocycles. The molecule has 0 aliphatic carbocycles. The zero-order valence-electron chi connectivity index (χ0n) is 10.4. The van der Waals surface area contributed by atoms with E-state index in [2.05, 4.69) is 9.88 Å².